The van der Waals surface area contributed by atoms with Crippen molar-refractivity contribution in [1.29, 1.82) is 0 Å². The van der Waals surface area contributed by atoms with Crippen molar-refractivity contribution in [2.24, 2.45) is 0 Å². The monoisotopic (exact) mass is 602 g/mol. The first kappa shape index (κ1) is 23.0. The summed E-state index contributed by atoms with van der Waals surface area (Å²) in [5, 5.41) is 11.1. The van der Waals surface area contributed by atoms with Crippen molar-refractivity contribution in [3.05, 3.63) is 54.4 Å². The Kier molecular flexibility index (Phi) is 8.95. The molecule has 2 unspecified atom stereocenters. The molecular weight excluding hydrogens is 589 g/mol. The zero-order valence-corrected chi connectivity index (χ0v) is 20.9. The van der Waals surface area contributed by atoms with Crippen LogP contribution in [0.2, 0.25) is 15.3 Å². The van der Waals surface area contributed by atoms with Gasteiger partial charge in [0.05, 0.1) is 0 Å². The van der Waals surface area contributed by atoms with Crippen LogP contribution in [0.1, 0.15) is 18.1 Å². The van der Waals surface area contributed by atoms with E-state index in [1.165, 1.54) is 0 Å². The molecule has 2 aromatic carbocycles. The summed E-state index contributed by atoms with van der Waals surface area (Å²) in [4.78, 5) is 10.7. The average Bonchev–Trinajstić information content (AvgIpc) is 2.58. The van der Waals surface area contributed by atoms with E-state index in [9.17, 15) is 9.18 Å². The first-order valence-electron chi connectivity index (χ1n) is 7.92. The molecule has 2 atom stereocenters. The number of benzene rings is 2. The van der Waals surface area contributed by atoms with Crippen LogP contribution in [0.25, 0.3) is 0 Å². The maximum atomic E-state index is 13.4. The van der Waals surface area contributed by atoms with E-state index in [-0.39, 0.29) is 28.8 Å². The molecule has 9 heteroatoms. The second-order valence-electron chi connectivity index (χ2n) is 5.64. The Morgan fingerprint density at radius 3 is 2.44 bits per heavy atom. The van der Waals surface area contributed by atoms with Gasteiger partial charge in [-0.1, -0.05) is 0 Å². The van der Waals surface area contributed by atoms with Gasteiger partial charge >= 0.3 is 182 Å². The first-order chi connectivity index (χ1) is 12.7. The van der Waals surface area contributed by atoms with Crippen LogP contribution >= 0.6 is 55.1 Å². The molecule has 0 fully saturated rings. The van der Waals surface area contributed by atoms with E-state index in [0.717, 1.165) is 15.1 Å². The molecule has 0 saturated heterocycles. The summed E-state index contributed by atoms with van der Waals surface area (Å²) in [5.74, 6) is -0.960. The molecule has 0 amide bonds. The van der Waals surface area contributed by atoms with Gasteiger partial charge < -0.3 is 5.11 Å². The Labute approximate surface area is 190 Å². The molecular formula is C18H16AsBr2Cl2FO3. The predicted octanol–water partition coefficient (Wildman–Crippen LogP) is 5.56. The standard InChI is InChI=1S/C18H16AsBr2Cl2FO3/c1-2-19-12-7-11(22)6-10(16(12)23)8-27-17-13(20)3-9(4-14(17)21)5-15(24)18(25)26/h3-4,6-7,15,19H,2,5,8H2,1H3,(H,25,26). The average molecular weight is 605 g/mol. The number of halogens is 5. The summed E-state index contributed by atoms with van der Waals surface area (Å²) in [7, 11) is 0. The Balaban J connectivity index is 2.20. The molecule has 0 radical (unpaired) electrons. The summed E-state index contributed by atoms with van der Waals surface area (Å²) in [5.41, 5.74) is 1.33. The number of alkyl halides is 1. The SMILES string of the molecule is CC[AsH]c1cc(Cl)cc(COc2c(Br)cc(CC(F)C(=O)O)cc2Br)c1Cl. The second kappa shape index (κ2) is 10.5. The van der Waals surface area contributed by atoms with Crippen LogP contribution in [0.15, 0.2) is 33.2 Å². The molecule has 0 aliphatic heterocycles. The molecule has 27 heavy (non-hydrogen) atoms. The molecule has 0 saturated carbocycles. The fraction of sp³-hybridized carbons (Fsp3) is 0.278. The molecule has 0 spiro atoms. The van der Waals surface area contributed by atoms with Gasteiger partial charge in [-0.2, -0.15) is 0 Å². The molecule has 0 aliphatic carbocycles. The number of ether oxygens (including phenoxy) is 1. The number of carbonyl (C=O) groups is 1. The van der Waals surface area contributed by atoms with E-state index in [1.54, 1.807) is 18.2 Å². The Morgan fingerprint density at radius 1 is 1.26 bits per heavy atom. The van der Waals surface area contributed by atoms with Gasteiger partial charge in [-0.15, -0.1) is 0 Å². The number of rotatable bonds is 8. The summed E-state index contributed by atoms with van der Waals surface area (Å²) in [6, 6.07) is 6.98. The van der Waals surface area contributed by atoms with E-state index in [1.807, 2.05) is 6.07 Å². The Morgan fingerprint density at radius 2 is 1.89 bits per heavy atom. The van der Waals surface area contributed by atoms with Crippen molar-refractivity contribution in [1.82, 2.24) is 0 Å². The van der Waals surface area contributed by atoms with Gasteiger partial charge in [-0.05, 0) is 0 Å². The van der Waals surface area contributed by atoms with Gasteiger partial charge in [0.2, 0.25) is 0 Å². The van der Waals surface area contributed by atoms with Crippen molar-refractivity contribution >= 4 is 81.1 Å². The van der Waals surface area contributed by atoms with E-state index in [0.29, 0.717) is 30.3 Å². The number of carboxylic acids is 1. The van der Waals surface area contributed by atoms with Crippen LogP contribution in [-0.4, -0.2) is 33.0 Å². The first-order valence-corrected chi connectivity index (χ1v) is 12.8. The van der Waals surface area contributed by atoms with Crippen molar-refractivity contribution < 1.29 is 19.0 Å². The van der Waals surface area contributed by atoms with Gasteiger partial charge in [-0.25, -0.2) is 4.79 Å². The zero-order valence-electron chi connectivity index (χ0n) is 14.2. The van der Waals surface area contributed by atoms with Gasteiger partial charge in [0.15, 0.2) is 0 Å². The maximum absolute atomic E-state index is 13.4. The predicted molar refractivity (Wildman–Crippen MR) is 116 cm³/mol. The molecule has 1 N–H and O–H groups in total. The van der Waals surface area contributed by atoms with Gasteiger partial charge in [-0.3, -0.25) is 0 Å². The molecule has 2 rings (SSSR count). The quantitative estimate of drug-likeness (QED) is 0.402. The topological polar surface area (TPSA) is 46.5 Å². The van der Waals surface area contributed by atoms with Crippen LogP contribution in [0.4, 0.5) is 4.39 Å². The van der Waals surface area contributed by atoms with Crippen molar-refractivity contribution in [3.8, 4) is 5.75 Å². The molecule has 3 nitrogen and oxygen atoms in total. The third kappa shape index (κ3) is 6.36. The zero-order chi connectivity index (χ0) is 20.1. The summed E-state index contributed by atoms with van der Waals surface area (Å²) in [6.45, 7) is 2.34. The normalized spacial score (nSPS) is 12.5. The summed E-state index contributed by atoms with van der Waals surface area (Å²) >= 11 is 19.1. The molecule has 2 aromatic rings. The third-order valence-electron chi connectivity index (χ3n) is 3.59. The minimum absolute atomic E-state index is 0.222. The van der Waals surface area contributed by atoms with Gasteiger partial charge in [0, 0.05) is 0 Å². The number of hydrogen-bond donors (Lipinski definition) is 1. The fourth-order valence-corrected chi connectivity index (χ4v) is 6.84. The number of carboxylic acid groups (broad SMARTS) is 1. The number of aliphatic carboxylic acids is 1. The van der Waals surface area contributed by atoms with Crippen LogP contribution in [0, 0.1) is 0 Å². The third-order valence-corrected chi connectivity index (χ3v) is 8.14. The number of hydrogen-bond acceptors (Lipinski definition) is 2. The molecule has 0 aromatic heterocycles. The molecule has 146 valence electrons. The van der Waals surface area contributed by atoms with Crippen LogP contribution in [0.3, 0.4) is 0 Å². The van der Waals surface area contributed by atoms with E-state index < -0.39 is 12.1 Å². The second-order valence-corrected chi connectivity index (χ2v) is 11.5. The molecule has 0 bridgehead atoms. The van der Waals surface area contributed by atoms with Crippen molar-refractivity contribution in [2.75, 3.05) is 0 Å². The van der Waals surface area contributed by atoms with E-state index >= 15 is 0 Å². The van der Waals surface area contributed by atoms with Gasteiger partial charge in [0.1, 0.15) is 0 Å². The molecule has 0 aliphatic rings. The van der Waals surface area contributed by atoms with Crippen LogP contribution in [-0.2, 0) is 17.8 Å². The minimum atomic E-state index is -1.96. The Bertz CT molecular complexity index is 829. The summed E-state index contributed by atoms with van der Waals surface area (Å²) < 4.78 is 21.6. The fourth-order valence-electron chi connectivity index (χ4n) is 2.38. The van der Waals surface area contributed by atoms with Crippen LogP contribution < -0.4 is 9.09 Å². The van der Waals surface area contributed by atoms with Crippen molar-refractivity contribution in [2.45, 2.75) is 31.3 Å². The summed E-state index contributed by atoms with van der Waals surface area (Å²) in [6.07, 6.45) is -2.18. The van der Waals surface area contributed by atoms with E-state index in [4.69, 9.17) is 33.0 Å². The van der Waals surface area contributed by atoms with Crippen LogP contribution in [0.5, 0.6) is 5.75 Å². The van der Waals surface area contributed by atoms with Gasteiger partial charge in [0.25, 0.3) is 0 Å². The van der Waals surface area contributed by atoms with Crippen molar-refractivity contribution in [3.63, 3.8) is 0 Å². The van der Waals surface area contributed by atoms with E-state index in [2.05, 4.69) is 38.8 Å². The Hall–Kier alpha value is -0.262. The molecule has 0 heterocycles.